The molecule has 2 rings (SSSR count). The standard InChI is InChI=1S/C17H25ClN2O4Si/c1-6-16(11-18)12(2)17(23,8-10-25(3,4)5)14(24-16)20-9-7-13(21)19-15(20)22/h7,9,12,14,23H,6,11H2,1-5H3,(H,19,21,22)/t12-,14-,16+,17+/m1/s1. The number of ether oxygens (including phenoxy) is 1. The number of aliphatic hydroxyl groups is 1. The number of hydrogen-bond donors (Lipinski definition) is 2. The van der Waals surface area contributed by atoms with Gasteiger partial charge in [-0.25, -0.2) is 4.79 Å². The number of nitrogens with one attached hydrogen (secondary N) is 1. The fourth-order valence-electron chi connectivity index (χ4n) is 3.00. The number of alkyl halides is 1. The third-order valence-corrected chi connectivity index (χ3v) is 6.07. The lowest BCUT2D eigenvalue weighted by Gasteiger charge is -2.31. The molecule has 1 fully saturated rings. The Morgan fingerprint density at radius 2 is 2.08 bits per heavy atom. The predicted octanol–water partition coefficient (Wildman–Crippen LogP) is 1.70. The van der Waals surface area contributed by atoms with E-state index in [1.807, 2.05) is 13.8 Å². The molecule has 2 heterocycles. The maximum Gasteiger partial charge on any atom is 0.330 e. The lowest BCUT2D eigenvalue weighted by molar-refractivity contribution is -0.0970. The largest absolute Gasteiger partial charge is 0.373 e. The third kappa shape index (κ3) is 3.63. The number of hydrogen-bond acceptors (Lipinski definition) is 4. The van der Waals surface area contributed by atoms with Crippen LogP contribution in [0.4, 0.5) is 0 Å². The van der Waals surface area contributed by atoms with E-state index in [9.17, 15) is 14.7 Å². The highest BCUT2D eigenvalue weighted by Crippen LogP contribution is 2.50. The monoisotopic (exact) mass is 384 g/mol. The first-order chi connectivity index (χ1) is 11.5. The number of H-pyrrole nitrogens is 1. The van der Waals surface area contributed by atoms with Crippen LogP contribution in [0.15, 0.2) is 21.9 Å². The Bertz CT molecular complexity index is 813. The van der Waals surface area contributed by atoms with Gasteiger partial charge in [-0.1, -0.05) is 39.4 Å². The summed E-state index contributed by atoms with van der Waals surface area (Å²) in [7, 11) is -1.78. The first kappa shape index (κ1) is 20.0. The second-order valence-electron chi connectivity index (χ2n) is 7.59. The minimum absolute atomic E-state index is 0.163. The van der Waals surface area contributed by atoms with Crippen LogP contribution in [-0.2, 0) is 4.74 Å². The summed E-state index contributed by atoms with van der Waals surface area (Å²) in [4.78, 5) is 25.8. The van der Waals surface area contributed by atoms with Gasteiger partial charge in [0.15, 0.2) is 11.8 Å². The molecule has 0 aromatic carbocycles. The molecule has 0 bridgehead atoms. The maximum atomic E-state index is 12.3. The highest BCUT2D eigenvalue weighted by Gasteiger charge is 2.60. The van der Waals surface area contributed by atoms with Gasteiger partial charge in [-0.3, -0.25) is 14.3 Å². The summed E-state index contributed by atoms with van der Waals surface area (Å²) in [6, 6.07) is 1.22. The lowest BCUT2D eigenvalue weighted by Crippen LogP contribution is -2.46. The van der Waals surface area contributed by atoms with E-state index in [0.29, 0.717) is 6.42 Å². The average molecular weight is 385 g/mol. The molecular weight excluding hydrogens is 360 g/mol. The average Bonchev–Trinajstić information content (AvgIpc) is 2.75. The Kier molecular flexibility index (Phi) is 5.41. The van der Waals surface area contributed by atoms with E-state index < -0.39 is 42.7 Å². The zero-order valence-corrected chi connectivity index (χ0v) is 17.0. The minimum Gasteiger partial charge on any atom is -0.373 e. The van der Waals surface area contributed by atoms with Crippen molar-refractivity contribution in [3.8, 4) is 11.5 Å². The summed E-state index contributed by atoms with van der Waals surface area (Å²) in [6.45, 7) is 9.96. The topological polar surface area (TPSA) is 84.3 Å². The molecule has 1 aromatic rings. The van der Waals surface area contributed by atoms with Crippen molar-refractivity contribution in [2.24, 2.45) is 5.92 Å². The van der Waals surface area contributed by atoms with Crippen molar-refractivity contribution in [2.45, 2.75) is 57.3 Å². The molecule has 138 valence electrons. The van der Waals surface area contributed by atoms with Crippen molar-refractivity contribution in [1.29, 1.82) is 0 Å². The van der Waals surface area contributed by atoms with E-state index in [1.165, 1.54) is 16.8 Å². The number of halogens is 1. The molecular formula is C17H25ClN2O4Si. The third-order valence-electron chi connectivity index (χ3n) is 4.74. The molecule has 2 N–H and O–H groups in total. The van der Waals surface area contributed by atoms with Gasteiger partial charge >= 0.3 is 5.69 Å². The molecule has 1 aliphatic rings. The van der Waals surface area contributed by atoms with Crippen molar-refractivity contribution in [3.05, 3.63) is 33.1 Å². The van der Waals surface area contributed by atoms with Gasteiger partial charge in [0.1, 0.15) is 8.07 Å². The van der Waals surface area contributed by atoms with Gasteiger partial charge in [0.05, 0.1) is 11.5 Å². The van der Waals surface area contributed by atoms with Crippen molar-refractivity contribution >= 4 is 19.7 Å². The lowest BCUT2D eigenvalue weighted by atomic mass is 9.78. The predicted molar refractivity (Wildman–Crippen MR) is 100 cm³/mol. The van der Waals surface area contributed by atoms with Gasteiger partial charge in [-0.15, -0.1) is 17.1 Å². The number of rotatable bonds is 3. The SMILES string of the molecule is CC[C@@]1(CCl)O[C@@H](n2ccc(=O)[nH]c2=O)[C@](O)(C#C[Si](C)(C)C)[C@@H]1C. The normalized spacial score (nSPS) is 32.3. The summed E-state index contributed by atoms with van der Waals surface area (Å²) in [5, 5.41) is 11.4. The molecule has 4 atom stereocenters. The fraction of sp³-hybridized carbons (Fsp3) is 0.647. The van der Waals surface area contributed by atoms with Crippen LogP contribution in [0.1, 0.15) is 26.5 Å². The van der Waals surface area contributed by atoms with Gasteiger partial charge in [0, 0.05) is 18.2 Å². The molecule has 0 amide bonds. The van der Waals surface area contributed by atoms with Crippen LogP contribution in [0, 0.1) is 17.4 Å². The van der Waals surface area contributed by atoms with E-state index >= 15 is 0 Å². The summed E-state index contributed by atoms with van der Waals surface area (Å²) < 4.78 is 7.30. The van der Waals surface area contributed by atoms with Gasteiger partial charge in [-0.05, 0) is 6.42 Å². The summed E-state index contributed by atoms with van der Waals surface area (Å²) in [5.74, 6) is 2.74. The Hall–Kier alpha value is -1.33. The van der Waals surface area contributed by atoms with Crippen molar-refractivity contribution in [3.63, 3.8) is 0 Å². The van der Waals surface area contributed by atoms with E-state index in [4.69, 9.17) is 16.3 Å². The maximum absolute atomic E-state index is 12.3. The van der Waals surface area contributed by atoms with E-state index in [-0.39, 0.29) is 5.88 Å². The Morgan fingerprint density at radius 3 is 2.56 bits per heavy atom. The number of nitrogens with zero attached hydrogens (tertiary/aromatic N) is 1. The molecule has 1 aliphatic heterocycles. The van der Waals surface area contributed by atoms with Crippen LogP contribution in [0.25, 0.3) is 0 Å². The van der Waals surface area contributed by atoms with E-state index in [1.54, 1.807) is 0 Å². The molecule has 0 unspecified atom stereocenters. The molecule has 0 saturated carbocycles. The second kappa shape index (κ2) is 6.76. The Labute approximate surface area is 153 Å². The number of aromatic amines is 1. The van der Waals surface area contributed by atoms with Crippen LogP contribution in [0.2, 0.25) is 19.6 Å². The summed E-state index contributed by atoms with van der Waals surface area (Å²) >= 11 is 6.17. The van der Waals surface area contributed by atoms with Crippen molar-refractivity contribution in [1.82, 2.24) is 9.55 Å². The van der Waals surface area contributed by atoms with Gasteiger partial charge < -0.3 is 9.84 Å². The molecule has 1 aromatic heterocycles. The van der Waals surface area contributed by atoms with Crippen LogP contribution in [0.3, 0.4) is 0 Å². The zero-order valence-electron chi connectivity index (χ0n) is 15.2. The molecule has 0 radical (unpaired) electrons. The van der Waals surface area contributed by atoms with Gasteiger partial charge in [0.2, 0.25) is 0 Å². The molecule has 8 heteroatoms. The molecule has 0 spiro atoms. The van der Waals surface area contributed by atoms with Crippen molar-refractivity contribution < 1.29 is 9.84 Å². The second-order valence-corrected chi connectivity index (χ2v) is 12.6. The van der Waals surface area contributed by atoms with E-state index in [0.717, 1.165) is 0 Å². The Morgan fingerprint density at radius 1 is 1.44 bits per heavy atom. The highest BCUT2D eigenvalue weighted by atomic mass is 35.5. The van der Waals surface area contributed by atoms with Gasteiger partial charge in [-0.2, -0.15) is 0 Å². The van der Waals surface area contributed by atoms with E-state index in [2.05, 4.69) is 36.1 Å². The van der Waals surface area contributed by atoms with Crippen molar-refractivity contribution in [2.75, 3.05) is 5.88 Å². The highest BCUT2D eigenvalue weighted by molar-refractivity contribution is 6.83. The minimum atomic E-state index is -1.78. The fourth-order valence-corrected chi connectivity index (χ4v) is 4.06. The van der Waals surface area contributed by atoms with Gasteiger partial charge in [0.25, 0.3) is 5.56 Å². The van der Waals surface area contributed by atoms with Crippen LogP contribution >= 0.6 is 11.6 Å². The summed E-state index contributed by atoms with van der Waals surface area (Å²) in [5.41, 5.74) is -0.389. The Balaban J connectivity index is 2.67. The van der Waals surface area contributed by atoms with Crippen LogP contribution in [0.5, 0.6) is 0 Å². The van der Waals surface area contributed by atoms with Crippen LogP contribution in [-0.4, -0.2) is 39.8 Å². The smallest absolute Gasteiger partial charge is 0.330 e. The first-order valence-electron chi connectivity index (χ1n) is 8.31. The zero-order chi connectivity index (χ0) is 19.0. The molecule has 0 aliphatic carbocycles. The molecule has 6 nitrogen and oxygen atoms in total. The quantitative estimate of drug-likeness (QED) is 0.472. The van der Waals surface area contributed by atoms with Crippen LogP contribution < -0.4 is 11.2 Å². The first-order valence-corrected chi connectivity index (χ1v) is 12.3. The summed E-state index contributed by atoms with van der Waals surface area (Å²) in [6.07, 6.45) is 0.831. The number of aromatic nitrogens is 2. The molecule has 1 saturated heterocycles. The molecule has 25 heavy (non-hydrogen) atoms.